The first-order valence-corrected chi connectivity index (χ1v) is 3.65. The molecule has 3 nitrogen and oxygen atoms in total. The van der Waals surface area contributed by atoms with Crippen LogP contribution in [0.15, 0.2) is 16.8 Å². The summed E-state index contributed by atoms with van der Waals surface area (Å²) in [6.45, 7) is 0. The number of carbonyl (C=O) groups excluding carboxylic acids is 1. The van der Waals surface area contributed by atoms with Crippen LogP contribution in [0.4, 0.5) is 0 Å². The average Bonchev–Trinajstić information content (AvgIpc) is 2.36. The summed E-state index contributed by atoms with van der Waals surface area (Å²) in [4.78, 5) is 10.4. The lowest BCUT2D eigenvalue weighted by atomic mass is 10.2. The zero-order chi connectivity index (χ0) is 7.56. The summed E-state index contributed by atoms with van der Waals surface area (Å²) in [7, 11) is 0. The average molecular weight is 157 g/mol. The third kappa shape index (κ3) is 1.34. The second-order valence-electron chi connectivity index (χ2n) is 1.86. The summed E-state index contributed by atoms with van der Waals surface area (Å²) >= 11 is 1.42. The van der Waals surface area contributed by atoms with Crippen molar-refractivity contribution >= 4 is 17.2 Å². The zero-order valence-corrected chi connectivity index (χ0v) is 5.97. The second kappa shape index (κ2) is 2.81. The molecule has 1 aromatic heterocycles. The molecule has 1 rings (SSSR count). The van der Waals surface area contributed by atoms with Gasteiger partial charge >= 0.3 is 0 Å². The number of rotatable bonds is 2. The second-order valence-corrected chi connectivity index (χ2v) is 2.64. The van der Waals surface area contributed by atoms with Crippen molar-refractivity contribution in [1.29, 1.82) is 0 Å². The minimum absolute atomic E-state index is 0.567. The standard InChI is InChI=1S/C6H7NO2S/c7-6(9)5(8)4-1-2-10-3-4/h1-3,5,8H,(H2,7,9). The van der Waals surface area contributed by atoms with Gasteiger partial charge in [0.05, 0.1) is 0 Å². The van der Waals surface area contributed by atoms with Gasteiger partial charge in [0.25, 0.3) is 5.91 Å². The summed E-state index contributed by atoms with van der Waals surface area (Å²) in [5.74, 6) is -0.710. The number of nitrogens with two attached hydrogens (primary N) is 1. The molecule has 0 radical (unpaired) electrons. The molecule has 0 spiro atoms. The number of carbonyl (C=O) groups is 1. The highest BCUT2D eigenvalue weighted by atomic mass is 32.1. The molecule has 1 aromatic rings. The van der Waals surface area contributed by atoms with Gasteiger partial charge in [-0.3, -0.25) is 4.79 Å². The maximum atomic E-state index is 10.4. The van der Waals surface area contributed by atoms with Crippen LogP contribution in [0.1, 0.15) is 11.7 Å². The van der Waals surface area contributed by atoms with Crippen molar-refractivity contribution in [3.8, 4) is 0 Å². The van der Waals surface area contributed by atoms with Crippen LogP contribution in [0.3, 0.4) is 0 Å². The monoisotopic (exact) mass is 157 g/mol. The molecule has 1 amide bonds. The van der Waals surface area contributed by atoms with Gasteiger partial charge in [0.2, 0.25) is 0 Å². The molecule has 1 atom stereocenters. The fraction of sp³-hybridized carbons (Fsp3) is 0.167. The maximum Gasteiger partial charge on any atom is 0.250 e. The summed E-state index contributed by atoms with van der Waals surface area (Å²) in [6.07, 6.45) is -1.15. The van der Waals surface area contributed by atoms with E-state index in [1.165, 1.54) is 11.3 Å². The Bertz CT molecular complexity index is 220. The third-order valence-corrected chi connectivity index (χ3v) is 1.83. The Labute approximate surface area is 62.1 Å². The number of hydrogen-bond donors (Lipinski definition) is 2. The Hall–Kier alpha value is -0.870. The molecular weight excluding hydrogens is 150 g/mol. The van der Waals surface area contributed by atoms with E-state index in [1.807, 2.05) is 0 Å². The van der Waals surface area contributed by atoms with Gasteiger partial charge < -0.3 is 10.8 Å². The molecule has 4 heteroatoms. The topological polar surface area (TPSA) is 63.3 Å². The molecule has 0 bridgehead atoms. The molecule has 54 valence electrons. The van der Waals surface area contributed by atoms with Crippen LogP contribution in [0.25, 0.3) is 0 Å². The summed E-state index contributed by atoms with van der Waals surface area (Å²) in [5, 5.41) is 12.5. The Balaban J connectivity index is 2.77. The van der Waals surface area contributed by atoms with E-state index in [0.717, 1.165) is 0 Å². The molecule has 1 unspecified atom stereocenters. The number of amides is 1. The number of hydrogen-bond acceptors (Lipinski definition) is 3. The Morgan fingerprint density at radius 3 is 2.90 bits per heavy atom. The van der Waals surface area contributed by atoms with Crippen molar-refractivity contribution in [3.05, 3.63) is 22.4 Å². The van der Waals surface area contributed by atoms with Crippen molar-refractivity contribution in [2.24, 2.45) is 5.73 Å². The van der Waals surface area contributed by atoms with E-state index >= 15 is 0 Å². The molecule has 0 aromatic carbocycles. The van der Waals surface area contributed by atoms with E-state index < -0.39 is 12.0 Å². The minimum Gasteiger partial charge on any atom is -0.378 e. The quantitative estimate of drug-likeness (QED) is 0.647. The van der Waals surface area contributed by atoms with Crippen molar-refractivity contribution in [2.45, 2.75) is 6.10 Å². The molecule has 0 aliphatic heterocycles. The van der Waals surface area contributed by atoms with E-state index in [1.54, 1.807) is 16.8 Å². The maximum absolute atomic E-state index is 10.4. The fourth-order valence-corrected chi connectivity index (χ4v) is 1.27. The van der Waals surface area contributed by atoms with Gasteiger partial charge in [0.1, 0.15) is 0 Å². The molecule has 0 aliphatic rings. The predicted molar refractivity (Wildman–Crippen MR) is 38.5 cm³/mol. The fourth-order valence-electron chi connectivity index (χ4n) is 0.595. The van der Waals surface area contributed by atoms with Crippen molar-refractivity contribution in [3.63, 3.8) is 0 Å². The Kier molecular flexibility index (Phi) is 2.03. The largest absolute Gasteiger partial charge is 0.378 e. The van der Waals surface area contributed by atoms with E-state index in [9.17, 15) is 4.79 Å². The van der Waals surface area contributed by atoms with Crippen LogP contribution in [0.5, 0.6) is 0 Å². The first-order valence-electron chi connectivity index (χ1n) is 2.71. The van der Waals surface area contributed by atoms with Crippen molar-refractivity contribution in [2.75, 3.05) is 0 Å². The van der Waals surface area contributed by atoms with E-state index in [4.69, 9.17) is 10.8 Å². The van der Waals surface area contributed by atoms with Gasteiger partial charge in [0, 0.05) is 5.56 Å². The lowest BCUT2D eigenvalue weighted by molar-refractivity contribution is -0.126. The lowest BCUT2D eigenvalue weighted by Crippen LogP contribution is -2.20. The lowest BCUT2D eigenvalue weighted by Gasteiger charge is -2.00. The van der Waals surface area contributed by atoms with Gasteiger partial charge in [-0.15, -0.1) is 0 Å². The third-order valence-electron chi connectivity index (χ3n) is 1.13. The Morgan fingerprint density at radius 2 is 2.50 bits per heavy atom. The summed E-state index contributed by atoms with van der Waals surface area (Å²) in [5.41, 5.74) is 5.41. The van der Waals surface area contributed by atoms with Gasteiger partial charge in [0.15, 0.2) is 6.10 Å². The minimum atomic E-state index is -1.15. The first kappa shape index (κ1) is 7.24. The number of primary amides is 1. The molecule has 10 heavy (non-hydrogen) atoms. The van der Waals surface area contributed by atoms with E-state index in [2.05, 4.69) is 0 Å². The van der Waals surface area contributed by atoms with Gasteiger partial charge in [-0.25, -0.2) is 0 Å². The number of aliphatic hydroxyl groups excluding tert-OH is 1. The SMILES string of the molecule is NC(=O)C(O)c1ccsc1. The molecule has 3 N–H and O–H groups in total. The molecule has 1 heterocycles. The molecular formula is C6H7NO2S. The van der Waals surface area contributed by atoms with Crippen LogP contribution >= 0.6 is 11.3 Å². The predicted octanol–water partition coefficient (Wildman–Crippen LogP) is 0.267. The van der Waals surface area contributed by atoms with Gasteiger partial charge in [-0.05, 0) is 16.8 Å². The number of thiophene rings is 1. The van der Waals surface area contributed by atoms with E-state index in [0.29, 0.717) is 5.56 Å². The molecule has 0 saturated heterocycles. The zero-order valence-electron chi connectivity index (χ0n) is 5.15. The van der Waals surface area contributed by atoms with Gasteiger partial charge in [-0.1, -0.05) is 0 Å². The normalized spacial score (nSPS) is 12.9. The van der Waals surface area contributed by atoms with E-state index in [-0.39, 0.29) is 0 Å². The van der Waals surface area contributed by atoms with Crippen LogP contribution in [-0.2, 0) is 4.79 Å². The smallest absolute Gasteiger partial charge is 0.250 e. The molecule has 0 aliphatic carbocycles. The molecule has 0 fully saturated rings. The highest BCUT2D eigenvalue weighted by Crippen LogP contribution is 2.14. The highest BCUT2D eigenvalue weighted by Gasteiger charge is 2.12. The van der Waals surface area contributed by atoms with Crippen molar-refractivity contribution in [1.82, 2.24) is 0 Å². The van der Waals surface area contributed by atoms with Crippen LogP contribution < -0.4 is 5.73 Å². The van der Waals surface area contributed by atoms with Gasteiger partial charge in [-0.2, -0.15) is 11.3 Å². The van der Waals surface area contributed by atoms with Crippen LogP contribution in [0.2, 0.25) is 0 Å². The number of aliphatic hydroxyl groups is 1. The summed E-state index contributed by atoms with van der Waals surface area (Å²) < 4.78 is 0. The van der Waals surface area contributed by atoms with Crippen LogP contribution in [-0.4, -0.2) is 11.0 Å². The first-order chi connectivity index (χ1) is 4.72. The highest BCUT2D eigenvalue weighted by molar-refractivity contribution is 7.08. The molecule has 0 saturated carbocycles. The summed E-state index contributed by atoms with van der Waals surface area (Å²) in [6, 6.07) is 1.67. The van der Waals surface area contributed by atoms with Crippen molar-refractivity contribution < 1.29 is 9.90 Å². The van der Waals surface area contributed by atoms with Crippen LogP contribution in [0, 0.1) is 0 Å². The Morgan fingerprint density at radius 1 is 1.80 bits per heavy atom.